The quantitative estimate of drug-likeness (QED) is 0.706. The van der Waals surface area contributed by atoms with Crippen LogP contribution in [0.5, 0.6) is 5.75 Å². The summed E-state index contributed by atoms with van der Waals surface area (Å²) in [6.07, 6.45) is 0. The first-order valence-corrected chi connectivity index (χ1v) is 5.76. The van der Waals surface area contributed by atoms with Gasteiger partial charge in [0.15, 0.2) is 0 Å². The fourth-order valence-electron chi connectivity index (χ4n) is 1.94. The van der Waals surface area contributed by atoms with Gasteiger partial charge in [-0.05, 0) is 36.4 Å². The van der Waals surface area contributed by atoms with Crippen LogP contribution < -0.4 is 5.73 Å². The average Bonchev–Trinajstić information content (AvgIpc) is 2.66. The monoisotopic (exact) mass is 259 g/mol. The molecule has 0 aliphatic heterocycles. The van der Waals surface area contributed by atoms with Crippen LogP contribution >= 0.6 is 11.6 Å². The van der Waals surface area contributed by atoms with Crippen LogP contribution in [0.2, 0.25) is 5.02 Å². The second-order valence-corrected chi connectivity index (χ2v) is 4.39. The number of imidazole rings is 1. The maximum absolute atomic E-state index is 9.55. The van der Waals surface area contributed by atoms with Crippen molar-refractivity contribution in [2.24, 2.45) is 0 Å². The van der Waals surface area contributed by atoms with E-state index in [1.807, 2.05) is 12.1 Å². The molecule has 3 aromatic rings. The summed E-state index contributed by atoms with van der Waals surface area (Å²) in [5.74, 6) is 0.551. The maximum Gasteiger partial charge on any atom is 0.205 e. The molecule has 0 fully saturated rings. The summed E-state index contributed by atoms with van der Waals surface area (Å²) in [5, 5.41) is 10.2. The van der Waals surface area contributed by atoms with E-state index in [-0.39, 0.29) is 5.75 Å². The Kier molecular flexibility index (Phi) is 2.38. The molecule has 0 saturated heterocycles. The number of nitrogens with zero attached hydrogens (tertiary/aromatic N) is 2. The minimum Gasteiger partial charge on any atom is -0.508 e. The molecule has 3 rings (SSSR count). The average molecular weight is 260 g/mol. The highest BCUT2D eigenvalue weighted by Gasteiger charge is 2.10. The first-order valence-electron chi connectivity index (χ1n) is 5.38. The molecule has 0 spiro atoms. The molecule has 0 aliphatic carbocycles. The lowest BCUT2D eigenvalue weighted by Crippen LogP contribution is -2.00. The third kappa shape index (κ3) is 1.67. The van der Waals surface area contributed by atoms with E-state index in [9.17, 15) is 5.11 Å². The molecule has 0 unspecified atom stereocenters. The van der Waals surface area contributed by atoms with Gasteiger partial charge in [0.2, 0.25) is 5.95 Å². The summed E-state index contributed by atoms with van der Waals surface area (Å²) in [4.78, 5) is 4.25. The molecule has 5 heteroatoms. The molecule has 0 bridgehead atoms. The van der Waals surface area contributed by atoms with Crippen LogP contribution in [0.25, 0.3) is 16.7 Å². The van der Waals surface area contributed by atoms with Gasteiger partial charge in [0.25, 0.3) is 0 Å². The minimum absolute atomic E-state index is 0.178. The zero-order chi connectivity index (χ0) is 12.7. The Morgan fingerprint density at radius 2 is 1.83 bits per heavy atom. The summed E-state index contributed by atoms with van der Waals surface area (Å²) in [6, 6.07) is 12.2. The minimum atomic E-state index is 0.178. The van der Waals surface area contributed by atoms with Gasteiger partial charge in [-0.3, -0.25) is 4.57 Å². The molecule has 90 valence electrons. The van der Waals surface area contributed by atoms with Crippen molar-refractivity contribution in [3.05, 3.63) is 47.5 Å². The maximum atomic E-state index is 9.55. The van der Waals surface area contributed by atoms with Crippen molar-refractivity contribution in [2.45, 2.75) is 0 Å². The summed E-state index contributed by atoms with van der Waals surface area (Å²) in [6.45, 7) is 0. The Bertz CT molecular complexity index is 719. The number of aromatic hydroxyl groups is 1. The van der Waals surface area contributed by atoms with Crippen LogP contribution in [-0.2, 0) is 0 Å². The molecule has 0 atom stereocenters. The van der Waals surface area contributed by atoms with Gasteiger partial charge in [-0.2, -0.15) is 0 Å². The predicted molar refractivity (Wildman–Crippen MR) is 72.2 cm³/mol. The van der Waals surface area contributed by atoms with Crippen molar-refractivity contribution in [3.8, 4) is 11.4 Å². The van der Waals surface area contributed by atoms with E-state index < -0.39 is 0 Å². The summed E-state index contributed by atoms with van der Waals surface area (Å²) in [7, 11) is 0. The number of hydrogen-bond acceptors (Lipinski definition) is 3. The second-order valence-electron chi connectivity index (χ2n) is 3.95. The summed E-state index contributed by atoms with van der Waals surface area (Å²) < 4.78 is 1.77. The number of hydrogen-bond donors (Lipinski definition) is 2. The number of halogens is 1. The normalized spacial score (nSPS) is 10.9. The number of phenols is 1. The standard InChI is InChI=1S/C13H10ClN3O/c14-8-1-3-9(4-2-8)17-12-7-10(18)5-6-11(12)16-13(17)15/h1-7,18H,(H2,15,16). The lowest BCUT2D eigenvalue weighted by Gasteiger charge is -2.06. The van der Waals surface area contributed by atoms with Crippen LogP contribution in [0.1, 0.15) is 0 Å². The fourth-order valence-corrected chi connectivity index (χ4v) is 2.07. The van der Waals surface area contributed by atoms with E-state index in [1.54, 1.807) is 34.9 Å². The summed E-state index contributed by atoms with van der Waals surface area (Å²) in [5.41, 5.74) is 8.26. The highest BCUT2D eigenvalue weighted by molar-refractivity contribution is 6.30. The first kappa shape index (κ1) is 10.9. The molecule has 18 heavy (non-hydrogen) atoms. The second kappa shape index (κ2) is 3.92. The van der Waals surface area contributed by atoms with Crippen LogP contribution in [-0.4, -0.2) is 14.7 Å². The van der Waals surface area contributed by atoms with Gasteiger partial charge in [0.05, 0.1) is 11.0 Å². The number of rotatable bonds is 1. The highest BCUT2D eigenvalue weighted by atomic mass is 35.5. The number of aromatic nitrogens is 2. The van der Waals surface area contributed by atoms with E-state index in [0.29, 0.717) is 11.0 Å². The zero-order valence-electron chi connectivity index (χ0n) is 9.34. The molecule has 0 aliphatic rings. The number of anilines is 1. The van der Waals surface area contributed by atoms with Crippen molar-refractivity contribution in [1.82, 2.24) is 9.55 Å². The Labute approximate surface area is 108 Å². The Balaban J connectivity index is 2.30. The van der Waals surface area contributed by atoms with Crippen LogP contribution in [0.3, 0.4) is 0 Å². The number of nitrogens with two attached hydrogens (primary N) is 1. The fraction of sp³-hybridized carbons (Fsp3) is 0. The van der Waals surface area contributed by atoms with Gasteiger partial charge in [0.1, 0.15) is 5.75 Å². The zero-order valence-corrected chi connectivity index (χ0v) is 10.1. The Hall–Kier alpha value is -2.20. The van der Waals surface area contributed by atoms with E-state index >= 15 is 0 Å². The molecule has 2 aromatic carbocycles. The van der Waals surface area contributed by atoms with Crippen LogP contribution in [0.15, 0.2) is 42.5 Å². The molecule has 1 heterocycles. The lowest BCUT2D eigenvalue weighted by atomic mass is 10.2. The van der Waals surface area contributed by atoms with E-state index in [1.165, 1.54) is 0 Å². The number of benzene rings is 2. The van der Waals surface area contributed by atoms with Crippen molar-refractivity contribution >= 4 is 28.6 Å². The number of phenolic OH excluding ortho intramolecular Hbond substituents is 1. The van der Waals surface area contributed by atoms with Crippen molar-refractivity contribution < 1.29 is 5.11 Å². The Morgan fingerprint density at radius 3 is 2.56 bits per heavy atom. The van der Waals surface area contributed by atoms with Crippen LogP contribution in [0.4, 0.5) is 5.95 Å². The SMILES string of the molecule is Nc1nc2ccc(O)cc2n1-c1ccc(Cl)cc1. The predicted octanol–water partition coefficient (Wildman–Crippen LogP) is 2.97. The van der Waals surface area contributed by atoms with E-state index in [2.05, 4.69) is 4.98 Å². The van der Waals surface area contributed by atoms with E-state index in [4.69, 9.17) is 17.3 Å². The van der Waals surface area contributed by atoms with Crippen molar-refractivity contribution in [1.29, 1.82) is 0 Å². The first-order chi connectivity index (χ1) is 8.65. The van der Waals surface area contributed by atoms with Gasteiger partial charge in [-0.1, -0.05) is 11.6 Å². The van der Waals surface area contributed by atoms with Crippen LogP contribution in [0, 0.1) is 0 Å². The molecule has 0 radical (unpaired) electrons. The third-order valence-electron chi connectivity index (χ3n) is 2.75. The molecule has 0 saturated carbocycles. The van der Waals surface area contributed by atoms with Crippen molar-refractivity contribution in [2.75, 3.05) is 5.73 Å². The van der Waals surface area contributed by atoms with Crippen molar-refractivity contribution in [3.63, 3.8) is 0 Å². The molecular weight excluding hydrogens is 250 g/mol. The van der Waals surface area contributed by atoms with Gasteiger partial charge < -0.3 is 10.8 Å². The van der Waals surface area contributed by atoms with E-state index in [0.717, 1.165) is 16.7 Å². The molecule has 1 aromatic heterocycles. The molecule has 3 N–H and O–H groups in total. The molecule has 0 amide bonds. The van der Waals surface area contributed by atoms with Gasteiger partial charge >= 0.3 is 0 Å². The smallest absolute Gasteiger partial charge is 0.205 e. The van der Waals surface area contributed by atoms with Gasteiger partial charge in [-0.15, -0.1) is 0 Å². The number of fused-ring (bicyclic) bond motifs is 1. The largest absolute Gasteiger partial charge is 0.508 e. The lowest BCUT2D eigenvalue weighted by molar-refractivity contribution is 0.476. The Morgan fingerprint density at radius 1 is 1.11 bits per heavy atom. The molecule has 4 nitrogen and oxygen atoms in total. The molecular formula is C13H10ClN3O. The van der Waals surface area contributed by atoms with Gasteiger partial charge in [-0.25, -0.2) is 4.98 Å². The third-order valence-corrected chi connectivity index (χ3v) is 3.00. The number of nitrogen functional groups attached to an aromatic ring is 1. The highest BCUT2D eigenvalue weighted by Crippen LogP contribution is 2.26. The summed E-state index contributed by atoms with van der Waals surface area (Å²) >= 11 is 5.86. The van der Waals surface area contributed by atoms with Gasteiger partial charge in [0, 0.05) is 16.8 Å². The topological polar surface area (TPSA) is 64.1 Å².